The first-order chi connectivity index (χ1) is 23.8. The van der Waals surface area contributed by atoms with Gasteiger partial charge in [-0.2, -0.15) is 0 Å². The summed E-state index contributed by atoms with van der Waals surface area (Å²) in [5, 5.41) is 6.32. The summed E-state index contributed by atoms with van der Waals surface area (Å²) in [5.41, 5.74) is 7.72. The van der Waals surface area contributed by atoms with E-state index in [1.165, 1.54) is 0 Å². The quantitative estimate of drug-likeness (QED) is 0.196. The Hall–Kier alpha value is -6.66. The molecule has 10 rings (SSSR count). The van der Waals surface area contributed by atoms with Gasteiger partial charge in [0.25, 0.3) is 0 Å². The van der Waals surface area contributed by atoms with Gasteiger partial charge in [0.05, 0.1) is 6.20 Å². The van der Waals surface area contributed by atoms with Gasteiger partial charge < -0.3 is 8.83 Å². The second-order valence-corrected chi connectivity index (χ2v) is 11.9. The molecule has 6 heteroatoms. The fourth-order valence-corrected chi connectivity index (χ4v) is 6.83. The van der Waals surface area contributed by atoms with Crippen LogP contribution >= 0.6 is 0 Å². The minimum Gasteiger partial charge on any atom is -0.456 e. The van der Waals surface area contributed by atoms with Gasteiger partial charge in [0.2, 0.25) is 0 Å². The predicted octanol–water partition coefficient (Wildman–Crippen LogP) is 10.9. The van der Waals surface area contributed by atoms with Crippen molar-refractivity contribution in [3.63, 3.8) is 0 Å². The number of pyridine rings is 1. The van der Waals surface area contributed by atoms with Gasteiger partial charge in [-0.15, -0.1) is 0 Å². The Kier molecular flexibility index (Phi) is 5.77. The number of para-hydroxylation sites is 1. The summed E-state index contributed by atoms with van der Waals surface area (Å²) in [6.45, 7) is 0. The van der Waals surface area contributed by atoms with E-state index in [0.717, 1.165) is 82.5 Å². The van der Waals surface area contributed by atoms with Gasteiger partial charge in [0, 0.05) is 50.0 Å². The third kappa shape index (κ3) is 4.13. The standard InChI is InChI=1S/C42H24N4O2/c1-2-11-25(12-3-1)40-44-41(46-42(45-40)31-18-10-20-35-38(31)30-17-8-9-19-34(30)47-35)29-16-7-6-15-28(29)33-23-43-24-37-39(33)32-21-26-13-4-5-14-27(26)22-36(32)48-37/h1-24H. The molecule has 0 N–H and O–H groups in total. The maximum Gasteiger partial charge on any atom is 0.164 e. The number of benzene rings is 6. The van der Waals surface area contributed by atoms with Gasteiger partial charge in [0.15, 0.2) is 23.1 Å². The minimum absolute atomic E-state index is 0.564. The van der Waals surface area contributed by atoms with Crippen LogP contribution in [0.1, 0.15) is 0 Å². The van der Waals surface area contributed by atoms with E-state index in [2.05, 4.69) is 59.6 Å². The van der Waals surface area contributed by atoms with E-state index in [1.807, 2.05) is 85.1 Å². The van der Waals surface area contributed by atoms with Crippen molar-refractivity contribution in [3.8, 4) is 45.3 Å². The summed E-state index contributed by atoms with van der Waals surface area (Å²) in [6.07, 6.45) is 3.69. The highest BCUT2D eigenvalue weighted by Gasteiger charge is 2.21. The third-order valence-electron chi connectivity index (χ3n) is 9.02. The van der Waals surface area contributed by atoms with Gasteiger partial charge in [-0.05, 0) is 40.6 Å². The van der Waals surface area contributed by atoms with Crippen LogP contribution < -0.4 is 0 Å². The predicted molar refractivity (Wildman–Crippen MR) is 191 cm³/mol. The van der Waals surface area contributed by atoms with Gasteiger partial charge >= 0.3 is 0 Å². The Labute approximate surface area is 274 Å². The van der Waals surface area contributed by atoms with E-state index >= 15 is 0 Å². The van der Waals surface area contributed by atoms with Crippen molar-refractivity contribution in [2.45, 2.75) is 0 Å². The topological polar surface area (TPSA) is 77.8 Å². The molecule has 6 aromatic carbocycles. The first kappa shape index (κ1) is 26.5. The second kappa shape index (κ2) is 10.4. The van der Waals surface area contributed by atoms with Crippen LogP contribution in [0.4, 0.5) is 0 Å². The first-order valence-electron chi connectivity index (χ1n) is 15.8. The van der Waals surface area contributed by atoms with Crippen LogP contribution in [0.5, 0.6) is 0 Å². The fourth-order valence-electron chi connectivity index (χ4n) is 6.83. The zero-order valence-corrected chi connectivity index (χ0v) is 25.5. The molecule has 0 radical (unpaired) electrons. The minimum atomic E-state index is 0.564. The Bertz CT molecular complexity index is 2850. The number of nitrogens with zero attached hydrogens (tertiary/aromatic N) is 4. The molecule has 0 spiro atoms. The molecule has 6 nitrogen and oxygen atoms in total. The van der Waals surface area contributed by atoms with Crippen molar-refractivity contribution in [3.05, 3.63) is 146 Å². The molecule has 0 amide bonds. The highest BCUT2D eigenvalue weighted by molar-refractivity contribution is 6.16. The van der Waals surface area contributed by atoms with Crippen LogP contribution in [0.25, 0.3) is 99.9 Å². The molecule has 10 aromatic rings. The number of fused-ring (bicyclic) bond motifs is 7. The van der Waals surface area contributed by atoms with Crippen LogP contribution in [0.2, 0.25) is 0 Å². The van der Waals surface area contributed by atoms with Crippen LogP contribution in [-0.2, 0) is 0 Å². The monoisotopic (exact) mass is 616 g/mol. The van der Waals surface area contributed by atoms with E-state index < -0.39 is 0 Å². The van der Waals surface area contributed by atoms with Crippen LogP contribution in [0.3, 0.4) is 0 Å². The highest BCUT2D eigenvalue weighted by Crippen LogP contribution is 2.42. The van der Waals surface area contributed by atoms with Crippen molar-refractivity contribution < 1.29 is 8.83 Å². The Morgan fingerprint density at radius 3 is 1.88 bits per heavy atom. The lowest BCUT2D eigenvalue weighted by atomic mass is 9.96. The zero-order chi connectivity index (χ0) is 31.6. The molecule has 0 aliphatic rings. The normalized spacial score (nSPS) is 11.8. The molecule has 0 aliphatic carbocycles. The molecule has 4 heterocycles. The maximum atomic E-state index is 6.38. The number of hydrogen-bond donors (Lipinski definition) is 0. The number of furan rings is 2. The van der Waals surface area contributed by atoms with Crippen molar-refractivity contribution in [1.82, 2.24) is 19.9 Å². The van der Waals surface area contributed by atoms with Gasteiger partial charge in [-0.1, -0.05) is 109 Å². The first-order valence-corrected chi connectivity index (χ1v) is 15.8. The fraction of sp³-hybridized carbons (Fsp3) is 0. The lowest BCUT2D eigenvalue weighted by Crippen LogP contribution is -2.01. The van der Waals surface area contributed by atoms with Crippen LogP contribution in [0, 0.1) is 0 Å². The molecular weight excluding hydrogens is 592 g/mol. The lowest BCUT2D eigenvalue weighted by molar-refractivity contribution is 0.667. The van der Waals surface area contributed by atoms with E-state index in [1.54, 1.807) is 6.20 Å². The van der Waals surface area contributed by atoms with Gasteiger partial charge in [0.1, 0.15) is 16.7 Å². The molecule has 0 atom stereocenters. The maximum absolute atomic E-state index is 6.38. The molecule has 0 aliphatic heterocycles. The van der Waals surface area contributed by atoms with Crippen molar-refractivity contribution in [2.24, 2.45) is 0 Å². The molecule has 48 heavy (non-hydrogen) atoms. The molecular formula is C42H24N4O2. The summed E-state index contributed by atoms with van der Waals surface area (Å²) in [7, 11) is 0. The summed E-state index contributed by atoms with van der Waals surface area (Å²) in [5.74, 6) is 1.73. The van der Waals surface area contributed by atoms with E-state index in [-0.39, 0.29) is 0 Å². The molecule has 0 fully saturated rings. The number of aromatic nitrogens is 4. The molecule has 0 saturated heterocycles. The smallest absolute Gasteiger partial charge is 0.164 e. The summed E-state index contributed by atoms with van der Waals surface area (Å²) >= 11 is 0. The summed E-state index contributed by atoms with van der Waals surface area (Å²) < 4.78 is 12.6. The summed E-state index contributed by atoms with van der Waals surface area (Å²) in [6, 6.07) is 45.0. The van der Waals surface area contributed by atoms with E-state index in [9.17, 15) is 0 Å². The van der Waals surface area contributed by atoms with Crippen molar-refractivity contribution >= 4 is 54.6 Å². The molecule has 224 valence electrons. The highest BCUT2D eigenvalue weighted by atomic mass is 16.3. The Balaban J connectivity index is 1.24. The average molecular weight is 617 g/mol. The van der Waals surface area contributed by atoms with Crippen LogP contribution in [0.15, 0.2) is 155 Å². The molecule has 4 aromatic heterocycles. The average Bonchev–Trinajstić information content (AvgIpc) is 3.72. The van der Waals surface area contributed by atoms with E-state index in [0.29, 0.717) is 17.5 Å². The molecule has 0 bridgehead atoms. The van der Waals surface area contributed by atoms with Gasteiger partial charge in [-0.3, -0.25) is 4.98 Å². The Morgan fingerprint density at radius 2 is 1.00 bits per heavy atom. The lowest BCUT2D eigenvalue weighted by Gasteiger charge is -2.13. The summed E-state index contributed by atoms with van der Waals surface area (Å²) in [4.78, 5) is 20.0. The molecule has 0 unspecified atom stereocenters. The molecule has 0 saturated carbocycles. The third-order valence-corrected chi connectivity index (χ3v) is 9.02. The SMILES string of the molecule is c1ccc(-c2nc(-c3ccccc3-c3cncc4oc5cc6ccccc6cc5c34)nc(-c3cccc4oc5ccccc5c34)n2)cc1. The number of hydrogen-bond acceptors (Lipinski definition) is 6. The van der Waals surface area contributed by atoms with Gasteiger partial charge in [-0.25, -0.2) is 15.0 Å². The second-order valence-electron chi connectivity index (χ2n) is 11.9. The van der Waals surface area contributed by atoms with E-state index in [4.69, 9.17) is 23.8 Å². The zero-order valence-electron chi connectivity index (χ0n) is 25.5. The van der Waals surface area contributed by atoms with Crippen LogP contribution in [-0.4, -0.2) is 19.9 Å². The largest absolute Gasteiger partial charge is 0.456 e. The number of rotatable bonds is 4. The Morgan fingerprint density at radius 1 is 0.375 bits per heavy atom. The van der Waals surface area contributed by atoms with Crippen molar-refractivity contribution in [2.75, 3.05) is 0 Å². The van der Waals surface area contributed by atoms with Crippen molar-refractivity contribution in [1.29, 1.82) is 0 Å².